The minimum Gasteiger partial charge on any atom is -0.507 e. The van der Waals surface area contributed by atoms with Crippen LogP contribution in [-0.4, -0.2) is 33.2 Å². The highest BCUT2D eigenvalue weighted by molar-refractivity contribution is 6.04. The van der Waals surface area contributed by atoms with Crippen LogP contribution in [0.2, 0.25) is 0 Å². The van der Waals surface area contributed by atoms with E-state index in [4.69, 9.17) is 0 Å². The van der Waals surface area contributed by atoms with Crippen LogP contribution in [0.15, 0.2) is 72.8 Å². The predicted molar refractivity (Wildman–Crippen MR) is 136 cm³/mol. The van der Waals surface area contributed by atoms with E-state index in [0.717, 1.165) is 30.5 Å². The van der Waals surface area contributed by atoms with E-state index >= 15 is 0 Å². The molecule has 1 saturated carbocycles. The fraction of sp³-hybridized carbons (Fsp3) is 0.179. The first-order valence-electron chi connectivity index (χ1n) is 12.2. The molecule has 1 aliphatic rings. The van der Waals surface area contributed by atoms with Crippen molar-refractivity contribution in [3.8, 4) is 22.8 Å². The van der Waals surface area contributed by atoms with Crippen LogP contribution >= 0.6 is 0 Å². The monoisotopic (exact) mass is 554 g/mol. The number of hydrogen-bond acceptors (Lipinski definition) is 5. The third-order valence-electron chi connectivity index (χ3n) is 6.16. The highest BCUT2D eigenvalue weighted by Gasteiger charge is 2.32. The molecule has 0 spiro atoms. The van der Waals surface area contributed by atoms with E-state index in [1.54, 1.807) is 18.2 Å². The molecule has 8 nitrogen and oxygen atoms in total. The minimum atomic E-state index is -4.84. The molecule has 4 aromatic rings. The Labute approximate surface area is 225 Å². The Hall–Kier alpha value is -4.87. The summed E-state index contributed by atoms with van der Waals surface area (Å²) in [6.45, 7) is 0.177. The number of amides is 2. The van der Waals surface area contributed by atoms with Crippen molar-refractivity contribution in [2.75, 3.05) is 5.32 Å². The van der Waals surface area contributed by atoms with Crippen LogP contribution in [0.25, 0.3) is 11.3 Å². The molecule has 0 atom stereocenters. The van der Waals surface area contributed by atoms with Gasteiger partial charge < -0.3 is 20.5 Å². The molecule has 0 unspecified atom stereocenters. The molecule has 3 N–H and O–H groups in total. The Morgan fingerprint density at radius 2 is 1.70 bits per heavy atom. The van der Waals surface area contributed by atoms with Gasteiger partial charge in [-0.15, -0.1) is 13.2 Å². The van der Waals surface area contributed by atoms with Crippen molar-refractivity contribution in [2.24, 2.45) is 0 Å². The highest BCUT2D eigenvalue weighted by Crippen LogP contribution is 2.42. The molecule has 1 fully saturated rings. The topological polar surface area (TPSA) is 105 Å². The van der Waals surface area contributed by atoms with Crippen molar-refractivity contribution >= 4 is 17.6 Å². The Bertz CT molecular complexity index is 1550. The van der Waals surface area contributed by atoms with Gasteiger partial charge in [0.1, 0.15) is 17.3 Å². The van der Waals surface area contributed by atoms with E-state index in [1.807, 2.05) is 0 Å². The minimum absolute atomic E-state index is 0.0811. The Kier molecular flexibility index (Phi) is 7.16. The highest BCUT2D eigenvalue weighted by atomic mass is 19.4. The van der Waals surface area contributed by atoms with Crippen molar-refractivity contribution < 1.29 is 37.0 Å². The summed E-state index contributed by atoms with van der Waals surface area (Å²) in [4.78, 5) is 25.4. The molecule has 5 rings (SSSR count). The Balaban J connectivity index is 1.29. The van der Waals surface area contributed by atoms with Gasteiger partial charge in [0.05, 0.1) is 11.4 Å². The van der Waals surface area contributed by atoms with Gasteiger partial charge in [-0.3, -0.25) is 4.79 Å². The van der Waals surface area contributed by atoms with Crippen LogP contribution in [0.1, 0.15) is 40.4 Å². The number of anilines is 1. The quantitative estimate of drug-likeness (QED) is 0.237. The summed E-state index contributed by atoms with van der Waals surface area (Å²) in [6.07, 6.45) is -3.04. The van der Waals surface area contributed by atoms with Crippen LogP contribution in [0.5, 0.6) is 11.5 Å². The van der Waals surface area contributed by atoms with Crippen LogP contribution in [0.3, 0.4) is 0 Å². The lowest BCUT2D eigenvalue weighted by atomic mass is 10.1. The number of hydrogen-bond donors (Lipinski definition) is 3. The molecular weight excluding hydrogens is 532 g/mol. The zero-order valence-corrected chi connectivity index (χ0v) is 20.7. The second-order valence-electron chi connectivity index (χ2n) is 9.18. The number of benzene rings is 3. The van der Waals surface area contributed by atoms with Gasteiger partial charge >= 0.3 is 12.4 Å². The van der Waals surface area contributed by atoms with E-state index in [0.29, 0.717) is 17.0 Å². The smallest absolute Gasteiger partial charge is 0.507 e. The zero-order chi connectivity index (χ0) is 28.4. The zero-order valence-electron chi connectivity index (χ0n) is 20.7. The summed E-state index contributed by atoms with van der Waals surface area (Å²) < 4.78 is 55.2. The SMILES string of the molecule is O=C(Nc1ccc(-c2cc(C3CC3)n(C(=O)NCc3ccc(F)cc3)n2)c(O)c1)c1ccc(OC(F)(F)F)cc1. The van der Waals surface area contributed by atoms with E-state index in [1.165, 1.54) is 47.1 Å². The van der Waals surface area contributed by atoms with Gasteiger partial charge in [0, 0.05) is 35.3 Å². The van der Waals surface area contributed by atoms with Gasteiger partial charge in [-0.2, -0.15) is 9.78 Å². The standard InChI is InChI=1S/C28H22F4N4O4/c29-19-7-1-16(2-8-19)15-33-27(39)36-24(17-3-4-17)14-23(35-36)22-12-9-20(13-25(22)37)34-26(38)18-5-10-21(11-6-18)40-28(30,31)32/h1-2,5-14,17,37H,3-4,15H2,(H,33,39)(H,34,38). The molecule has 0 radical (unpaired) electrons. The third kappa shape index (κ3) is 6.40. The molecule has 1 aromatic heterocycles. The number of aromatic nitrogens is 2. The molecule has 0 aliphatic heterocycles. The molecule has 2 amide bonds. The Morgan fingerprint density at radius 1 is 1.00 bits per heavy atom. The van der Waals surface area contributed by atoms with Crippen molar-refractivity contribution in [3.63, 3.8) is 0 Å². The number of ether oxygens (including phenoxy) is 1. The number of phenolic OH excluding ortho intramolecular Hbond substituents is 1. The largest absolute Gasteiger partial charge is 0.573 e. The molecule has 0 bridgehead atoms. The summed E-state index contributed by atoms with van der Waals surface area (Å²) in [7, 11) is 0. The normalized spacial score (nSPS) is 13.1. The summed E-state index contributed by atoms with van der Waals surface area (Å²) in [5.74, 6) is -1.48. The number of carbonyl (C=O) groups is 2. The lowest BCUT2D eigenvalue weighted by Crippen LogP contribution is -2.30. The van der Waals surface area contributed by atoms with Gasteiger partial charge in [-0.25, -0.2) is 9.18 Å². The first kappa shape index (κ1) is 26.7. The number of nitrogens with one attached hydrogen (secondary N) is 2. The lowest BCUT2D eigenvalue weighted by molar-refractivity contribution is -0.274. The van der Waals surface area contributed by atoms with E-state index in [2.05, 4.69) is 20.5 Å². The number of aromatic hydroxyl groups is 1. The average molecular weight is 555 g/mol. The number of phenols is 1. The summed E-state index contributed by atoms with van der Waals surface area (Å²) >= 11 is 0. The fourth-order valence-electron chi connectivity index (χ4n) is 4.05. The predicted octanol–water partition coefficient (Wildman–Crippen LogP) is 6.18. The van der Waals surface area contributed by atoms with Crippen LogP contribution < -0.4 is 15.4 Å². The lowest BCUT2D eigenvalue weighted by Gasteiger charge is -2.10. The molecule has 1 heterocycles. The van der Waals surface area contributed by atoms with Crippen molar-refractivity contribution in [2.45, 2.75) is 31.7 Å². The third-order valence-corrected chi connectivity index (χ3v) is 6.16. The van der Waals surface area contributed by atoms with E-state index < -0.39 is 24.1 Å². The number of carbonyl (C=O) groups excluding carboxylic acids is 2. The maximum absolute atomic E-state index is 13.1. The van der Waals surface area contributed by atoms with Gasteiger partial charge in [0.25, 0.3) is 5.91 Å². The molecule has 1 aliphatic carbocycles. The molecule has 40 heavy (non-hydrogen) atoms. The van der Waals surface area contributed by atoms with Gasteiger partial charge in [0.15, 0.2) is 0 Å². The van der Waals surface area contributed by atoms with Crippen molar-refractivity contribution in [1.29, 1.82) is 0 Å². The number of rotatable bonds is 7. The number of nitrogens with zero attached hydrogens (tertiary/aromatic N) is 2. The van der Waals surface area contributed by atoms with Crippen LogP contribution in [-0.2, 0) is 6.54 Å². The Morgan fingerprint density at radius 3 is 2.33 bits per heavy atom. The van der Waals surface area contributed by atoms with E-state index in [9.17, 15) is 32.3 Å². The number of alkyl halides is 3. The average Bonchev–Trinajstić information content (AvgIpc) is 3.66. The maximum Gasteiger partial charge on any atom is 0.573 e. The van der Waals surface area contributed by atoms with Gasteiger partial charge in [-0.05, 0) is 73.0 Å². The van der Waals surface area contributed by atoms with Gasteiger partial charge in [-0.1, -0.05) is 12.1 Å². The fourth-order valence-corrected chi connectivity index (χ4v) is 4.05. The summed E-state index contributed by atoms with van der Waals surface area (Å²) in [5.41, 5.74) is 2.42. The molecule has 0 saturated heterocycles. The maximum atomic E-state index is 13.1. The molecule has 12 heteroatoms. The van der Waals surface area contributed by atoms with Crippen molar-refractivity contribution in [3.05, 3.63) is 95.4 Å². The summed E-state index contributed by atoms with van der Waals surface area (Å²) in [5, 5.41) is 20.4. The van der Waals surface area contributed by atoms with Gasteiger partial charge in [0.2, 0.25) is 0 Å². The molecular formula is C28H22F4N4O4. The molecule has 3 aromatic carbocycles. The number of halogens is 4. The summed E-state index contributed by atoms with van der Waals surface area (Å²) in [6, 6.07) is 15.8. The second kappa shape index (κ2) is 10.7. The first-order chi connectivity index (χ1) is 19.1. The van der Waals surface area contributed by atoms with Crippen LogP contribution in [0.4, 0.5) is 28.0 Å². The first-order valence-corrected chi connectivity index (χ1v) is 12.2. The second-order valence-corrected chi connectivity index (χ2v) is 9.18. The van der Waals surface area contributed by atoms with Crippen LogP contribution in [0, 0.1) is 5.82 Å². The van der Waals surface area contributed by atoms with E-state index in [-0.39, 0.29) is 35.3 Å². The van der Waals surface area contributed by atoms with Crippen molar-refractivity contribution in [1.82, 2.24) is 15.1 Å². The molecule has 206 valence electrons.